The highest BCUT2D eigenvalue weighted by molar-refractivity contribution is 5.92. The Labute approximate surface area is 141 Å². The summed E-state index contributed by atoms with van der Waals surface area (Å²) in [4.78, 5) is 12.0. The van der Waals surface area contributed by atoms with Gasteiger partial charge >= 0.3 is 0 Å². The average molecular weight is 320 g/mol. The summed E-state index contributed by atoms with van der Waals surface area (Å²) in [5.74, 6) is -0.0717. The Morgan fingerprint density at radius 1 is 1.04 bits per heavy atom. The van der Waals surface area contributed by atoms with E-state index in [9.17, 15) is 4.79 Å². The summed E-state index contributed by atoms with van der Waals surface area (Å²) >= 11 is 0. The molecule has 122 valence electrons. The van der Waals surface area contributed by atoms with Crippen molar-refractivity contribution in [3.05, 3.63) is 78.1 Å². The molecule has 24 heavy (non-hydrogen) atoms. The lowest BCUT2D eigenvalue weighted by molar-refractivity contribution is -0.115. The minimum atomic E-state index is -0.0717. The standard InChI is InChI=1S/C19H20N4O/c1-14(15-5-3-2-4-6-15)21-16-7-9-17(10-8-16)22-19(24)13-18-11-12-20-23-18/h2-12,14,21H,13H2,1H3,(H,20,23)(H,22,24). The van der Waals surface area contributed by atoms with E-state index in [1.807, 2.05) is 42.5 Å². The van der Waals surface area contributed by atoms with Crippen molar-refractivity contribution >= 4 is 17.3 Å². The van der Waals surface area contributed by atoms with Crippen LogP contribution in [0.3, 0.4) is 0 Å². The molecule has 0 aliphatic carbocycles. The van der Waals surface area contributed by atoms with Gasteiger partial charge in [0.05, 0.1) is 6.42 Å². The van der Waals surface area contributed by atoms with Crippen LogP contribution in [0.1, 0.15) is 24.2 Å². The predicted molar refractivity (Wildman–Crippen MR) is 95.8 cm³/mol. The normalized spacial score (nSPS) is 11.7. The molecule has 5 heteroatoms. The van der Waals surface area contributed by atoms with Gasteiger partial charge in [-0.25, -0.2) is 0 Å². The van der Waals surface area contributed by atoms with E-state index in [0.29, 0.717) is 0 Å². The third kappa shape index (κ3) is 4.23. The van der Waals surface area contributed by atoms with Gasteiger partial charge in [-0.1, -0.05) is 30.3 Å². The molecule has 2 aromatic carbocycles. The van der Waals surface area contributed by atoms with Gasteiger partial charge in [-0.15, -0.1) is 0 Å². The van der Waals surface area contributed by atoms with Gasteiger partial charge in [0.1, 0.15) is 0 Å². The van der Waals surface area contributed by atoms with Gasteiger partial charge in [-0.2, -0.15) is 5.10 Å². The van der Waals surface area contributed by atoms with Crippen LogP contribution in [0, 0.1) is 0 Å². The van der Waals surface area contributed by atoms with Gasteiger partial charge in [-0.3, -0.25) is 9.89 Å². The van der Waals surface area contributed by atoms with Crippen LogP contribution >= 0.6 is 0 Å². The first-order valence-electron chi connectivity index (χ1n) is 7.90. The van der Waals surface area contributed by atoms with E-state index in [2.05, 4.69) is 39.9 Å². The van der Waals surface area contributed by atoms with E-state index in [1.165, 1.54) is 5.56 Å². The number of amides is 1. The fourth-order valence-corrected chi connectivity index (χ4v) is 2.49. The molecule has 3 aromatic rings. The first-order chi connectivity index (χ1) is 11.7. The predicted octanol–water partition coefficient (Wildman–Crippen LogP) is 3.76. The van der Waals surface area contributed by atoms with E-state index in [4.69, 9.17) is 0 Å². The molecular formula is C19H20N4O. The van der Waals surface area contributed by atoms with Gasteiger partial charge in [0.2, 0.25) is 5.91 Å². The third-order valence-electron chi connectivity index (χ3n) is 3.76. The largest absolute Gasteiger partial charge is 0.379 e. The topological polar surface area (TPSA) is 69.8 Å². The Kier molecular flexibility index (Phi) is 4.91. The number of benzene rings is 2. The van der Waals surface area contributed by atoms with Gasteiger partial charge in [0.25, 0.3) is 0 Å². The van der Waals surface area contributed by atoms with Gasteiger partial charge in [0, 0.05) is 29.3 Å². The van der Waals surface area contributed by atoms with E-state index >= 15 is 0 Å². The summed E-state index contributed by atoms with van der Waals surface area (Å²) < 4.78 is 0. The number of hydrogen-bond acceptors (Lipinski definition) is 3. The minimum absolute atomic E-state index is 0.0717. The zero-order valence-corrected chi connectivity index (χ0v) is 13.5. The van der Waals surface area contributed by atoms with Crippen LogP contribution in [0.2, 0.25) is 0 Å². The van der Waals surface area contributed by atoms with Crippen LogP contribution < -0.4 is 10.6 Å². The molecule has 0 aliphatic heterocycles. The van der Waals surface area contributed by atoms with E-state index in [-0.39, 0.29) is 18.4 Å². The number of anilines is 2. The number of aromatic amines is 1. The second kappa shape index (κ2) is 7.46. The van der Waals surface area contributed by atoms with Crippen LogP contribution in [0.5, 0.6) is 0 Å². The Hall–Kier alpha value is -3.08. The highest BCUT2D eigenvalue weighted by Gasteiger charge is 2.07. The van der Waals surface area contributed by atoms with Gasteiger partial charge in [-0.05, 0) is 42.8 Å². The van der Waals surface area contributed by atoms with E-state index < -0.39 is 0 Å². The fraction of sp³-hybridized carbons (Fsp3) is 0.158. The molecule has 5 nitrogen and oxygen atoms in total. The zero-order chi connectivity index (χ0) is 16.8. The summed E-state index contributed by atoms with van der Waals surface area (Å²) in [7, 11) is 0. The Morgan fingerprint density at radius 3 is 2.42 bits per heavy atom. The molecule has 0 bridgehead atoms. The van der Waals surface area contributed by atoms with Crippen molar-refractivity contribution in [3.8, 4) is 0 Å². The molecule has 0 spiro atoms. The SMILES string of the molecule is CC(Nc1ccc(NC(=O)Cc2ccn[nH]2)cc1)c1ccccc1. The molecule has 1 heterocycles. The summed E-state index contributed by atoms with van der Waals surface area (Å²) in [6.07, 6.45) is 1.92. The highest BCUT2D eigenvalue weighted by atomic mass is 16.1. The fourth-order valence-electron chi connectivity index (χ4n) is 2.49. The maximum Gasteiger partial charge on any atom is 0.230 e. The third-order valence-corrected chi connectivity index (χ3v) is 3.76. The first-order valence-corrected chi connectivity index (χ1v) is 7.90. The molecule has 0 fully saturated rings. The minimum Gasteiger partial charge on any atom is -0.379 e. The number of H-pyrrole nitrogens is 1. The molecule has 3 rings (SSSR count). The van der Waals surface area contributed by atoms with Crippen molar-refractivity contribution < 1.29 is 4.79 Å². The van der Waals surface area contributed by atoms with E-state index in [1.54, 1.807) is 12.3 Å². The van der Waals surface area contributed by atoms with Crippen LogP contribution in [-0.2, 0) is 11.2 Å². The van der Waals surface area contributed by atoms with Crippen LogP contribution in [-0.4, -0.2) is 16.1 Å². The summed E-state index contributed by atoms with van der Waals surface area (Å²) in [6, 6.07) is 20.0. The van der Waals surface area contributed by atoms with Gasteiger partial charge < -0.3 is 10.6 Å². The molecule has 0 aliphatic rings. The molecule has 0 saturated heterocycles. The Morgan fingerprint density at radius 2 is 1.75 bits per heavy atom. The lowest BCUT2D eigenvalue weighted by Crippen LogP contribution is -2.14. The van der Waals surface area contributed by atoms with Crippen molar-refractivity contribution in [1.29, 1.82) is 0 Å². The molecule has 0 radical (unpaired) electrons. The van der Waals surface area contributed by atoms with Crippen molar-refractivity contribution in [1.82, 2.24) is 10.2 Å². The number of aromatic nitrogens is 2. The molecule has 3 N–H and O–H groups in total. The molecule has 0 saturated carbocycles. The first kappa shape index (κ1) is 15.8. The van der Waals surface area contributed by atoms with Crippen molar-refractivity contribution in [2.45, 2.75) is 19.4 Å². The highest BCUT2D eigenvalue weighted by Crippen LogP contribution is 2.20. The molecular weight excluding hydrogens is 300 g/mol. The van der Waals surface area contributed by atoms with Crippen LogP contribution in [0.15, 0.2) is 66.9 Å². The monoisotopic (exact) mass is 320 g/mol. The Bertz CT molecular complexity index is 767. The van der Waals surface area contributed by atoms with Crippen molar-refractivity contribution in [3.63, 3.8) is 0 Å². The maximum atomic E-state index is 12.0. The number of carbonyl (C=O) groups excluding carboxylic acids is 1. The average Bonchev–Trinajstić information content (AvgIpc) is 3.10. The zero-order valence-electron chi connectivity index (χ0n) is 13.5. The number of hydrogen-bond donors (Lipinski definition) is 3. The Balaban J connectivity index is 1.56. The lowest BCUT2D eigenvalue weighted by atomic mass is 10.1. The molecule has 1 aromatic heterocycles. The quantitative estimate of drug-likeness (QED) is 0.647. The van der Waals surface area contributed by atoms with Crippen molar-refractivity contribution in [2.24, 2.45) is 0 Å². The molecule has 1 atom stereocenters. The van der Waals surface area contributed by atoms with Crippen LogP contribution in [0.25, 0.3) is 0 Å². The number of nitrogens with one attached hydrogen (secondary N) is 3. The second-order valence-electron chi connectivity index (χ2n) is 5.66. The lowest BCUT2D eigenvalue weighted by Gasteiger charge is -2.16. The molecule has 1 amide bonds. The summed E-state index contributed by atoms with van der Waals surface area (Å²) in [5, 5.41) is 12.9. The second-order valence-corrected chi connectivity index (χ2v) is 5.66. The van der Waals surface area contributed by atoms with Gasteiger partial charge in [0.15, 0.2) is 0 Å². The number of rotatable bonds is 6. The molecule has 1 unspecified atom stereocenters. The van der Waals surface area contributed by atoms with Crippen molar-refractivity contribution in [2.75, 3.05) is 10.6 Å². The smallest absolute Gasteiger partial charge is 0.230 e. The maximum absolute atomic E-state index is 12.0. The number of carbonyl (C=O) groups is 1. The summed E-state index contributed by atoms with van der Waals surface area (Å²) in [5.41, 5.74) is 3.81. The van der Waals surface area contributed by atoms with E-state index in [0.717, 1.165) is 17.1 Å². The summed E-state index contributed by atoms with van der Waals surface area (Å²) in [6.45, 7) is 2.12. The number of nitrogens with zero attached hydrogens (tertiary/aromatic N) is 1. The van der Waals surface area contributed by atoms with Crippen LogP contribution in [0.4, 0.5) is 11.4 Å².